The van der Waals surface area contributed by atoms with Crippen molar-refractivity contribution in [2.24, 2.45) is 5.92 Å². The van der Waals surface area contributed by atoms with Crippen LogP contribution >= 0.6 is 23.4 Å². The molecule has 0 atom stereocenters. The minimum absolute atomic E-state index is 0.667. The first kappa shape index (κ1) is 15.8. The molecule has 0 unspecified atom stereocenters. The molecule has 18 heavy (non-hydrogen) atoms. The van der Waals surface area contributed by atoms with Gasteiger partial charge in [0.1, 0.15) is 0 Å². The van der Waals surface area contributed by atoms with Crippen LogP contribution < -0.4 is 5.32 Å². The maximum absolute atomic E-state index is 6.28. The van der Waals surface area contributed by atoms with E-state index in [1.165, 1.54) is 10.5 Å². The van der Waals surface area contributed by atoms with Crippen molar-refractivity contribution in [2.75, 3.05) is 26.0 Å². The third-order valence-electron chi connectivity index (χ3n) is 2.41. The number of methoxy groups -OCH3 is 1. The molecule has 102 valence electrons. The zero-order chi connectivity index (χ0) is 13.4. The summed E-state index contributed by atoms with van der Waals surface area (Å²) in [7, 11) is 1.71. The summed E-state index contributed by atoms with van der Waals surface area (Å²) in [6.45, 7) is 6.87. The second-order valence-corrected chi connectivity index (χ2v) is 6.04. The Morgan fingerprint density at radius 3 is 2.83 bits per heavy atom. The molecule has 0 aromatic heterocycles. The van der Waals surface area contributed by atoms with Crippen molar-refractivity contribution in [3.8, 4) is 0 Å². The van der Waals surface area contributed by atoms with E-state index in [-0.39, 0.29) is 0 Å². The van der Waals surface area contributed by atoms with Crippen LogP contribution in [0.1, 0.15) is 19.4 Å². The topological polar surface area (TPSA) is 21.3 Å². The first-order valence-corrected chi connectivity index (χ1v) is 7.61. The Bertz CT molecular complexity index is 358. The fourth-order valence-electron chi connectivity index (χ4n) is 1.50. The zero-order valence-corrected chi connectivity index (χ0v) is 12.9. The van der Waals surface area contributed by atoms with Gasteiger partial charge in [-0.15, -0.1) is 11.8 Å². The summed E-state index contributed by atoms with van der Waals surface area (Å²) in [4.78, 5) is 1.21. The standard InChI is InChI=1S/C14H22ClNOS/c1-11(2)10-18-14-12(5-4-6-13(14)15)9-16-7-8-17-3/h4-6,11,16H,7-10H2,1-3H3. The summed E-state index contributed by atoms with van der Waals surface area (Å²) >= 11 is 8.12. The Hall–Kier alpha value is -0.220. The number of rotatable bonds is 8. The van der Waals surface area contributed by atoms with Crippen LogP contribution in [0.5, 0.6) is 0 Å². The van der Waals surface area contributed by atoms with Gasteiger partial charge in [-0.3, -0.25) is 0 Å². The van der Waals surface area contributed by atoms with E-state index >= 15 is 0 Å². The van der Waals surface area contributed by atoms with Crippen LogP contribution in [0.25, 0.3) is 0 Å². The molecule has 2 nitrogen and oxygen atoms in total. The lowest BCUT2D eigenvalue weighted by atomic mass is 10.2. The average Bonchev–Trinajstić information content (AvgIpc) is 2.33. The first-order valence-electron chi connectivity index (χ1n) is 6.25. The van der Waals surface area contributed by atoms with Crippen LogP contribution in [0, 0.1) is 5.92 Å². The first-order chi connectivity index (χ1) is 8.65. The van der Waals surface area contributed by atoms with Gasteiger partial charge in [-0.25, -0.2) is 0 Å². The molecule has 1 aromatic carbocycles. The second kappa shape index (κ2) is 8.81. The van der Waals surface area contributed by atoms with E-state index in [9.17, 15) is 0 Å². The van der Waals surface area contributed by atoms with E-state index in [1.54, 1.807) is 7.11 Å². The number of hydrogen-bond donors (Lipinski definition) is 1. The van der Waals surface area contributed by atoms with E-state index in [1.807, 2.05) is 23.9 Å². The van der Waals surface area contributed by atoms with Crippen molar-refractivity contribution in [1.29, 1.82) is 0 Å². The second-order valence-electron chi connectivity index (χ2n) is 4.60. The highest BCUT2D eigenvalue weighted by Gasteiger charge is 2.08. The molecule has 4 heteroatoms. The van der Waals surface area contributed by atoms with Crippen molar-refractivity contribution >= 4 is 23.4 Å². The molecule has 0 saturated heterocycles. The molecule has 0 aliphatic rings. The third kappa shape index (κ3) is 5.61. The minimum Gasteiger partial charge on any atom is -0.383 e. The predicted molar refractivity (Wildman–Crippen MR) is 80.6 cm³/mol. The molecule has 1 N–H and O–H groups in total. The molecule has 1 rings (SSSR count). The molecule has 0 aliphatic carbocycles. The molecule has 0 heterocycles. The van der Waals surface area contributed by atoms with Gasteiger partial charge in [0.15, 0.2) is 0 Å². The van der Waals surface area contributed by atoms with Gasteiger partial charge >= 0.3 is 0 Å². The van der Waals surface area contributed by atoms with Gasteiger partial charge in [0.2, 0.25) is 0 Å². The maximum Gasteiger partial charge on any atom is 0.0587 e. The average molecular weight is 288 g/mol. The highest BCUT2D eigenvalue weighted by Crippen LogP contribution is 2.31. The maximum atomic E-state index is 6.28. The van der Waals surface area contributed by atoms with E-state index < -0.39 is 0 Å². The van der Waals surface area contributed by atoms with Gasteiger partial charge in [-0.1, -0.05) is 37.6 Å². The minimum atomic E-state index is 0.667. The summed E-state index contributed by atoms with van der Waals surface area (Å²) in [5, 5.41) is 4.21. The summed E-state index contributed by atoms with van der Waals surface area (Å²) in [6, 6.07) is 6.10. The number of ether oxygens (including phenoxy) is 1. The molecule has 1 aromatic rings. The Balaban J connectivity index is 2.61. The lowest BCUT2D eigenvalue weighted by Crippen LogP contribution is -2.19. The highest BCUT2D eigenvalue weighted by atomic mass is 35.5. The molecule has 0 fully saturated rings. The Labute approximate surface area is 119 Å². The van der Waals surface area contributed by atoms with E-state index in [0.717, 1.165) is 30.5 Å². The van der Waals surface area contributed by atoms with Crippen molar-refractivity contribution in [3.63, 3.8) is 0 Å². The molecule has 0 spiro atoms. The van der Waals surface area contributed by atoms with E-state index in [2.05, 4.69) is 25.2 Å². The van der Waals surface area contributed by atoms with Gasteiger partial charge in [0.05, 0.1) is 11.6 Å². The van der Waals surface area contributed by atoms with Crippen LogP contribution in [0.4, 0.5) is 0 Å². The van der Waals surface area contributed by atoms with Gasteiger partial charge in [0.25, 0.3) is 0 Å². The Morgan fingerprint density at radius 2 is 2.17 bits per heavy atom. The normalized spacial score (nSPS) is 11.2. The fourth-order valence-corrected chi connectivity index (χ4v) is 2.89. The number of nitrogens with one attached hydrogen (secondary N) is 1. The molecule has 0 aliphatic heterocycles. The number of hydrogen-bond acceptors (Lipinski definition) is 3. The molecule has 0 radical (unpaired) electrons. The van der Waals surface area contributed by atoms with Gasteiger partial charge in [-0.05, 0) is 17.5 Å². The Kier molecular flexibility index (Phi) is 7.75. The van der Waals surface area contributed by atoms with Gasteiger partial charge in [0, 0.05) is 30.8 Å². The summed E-state index contributed by atoms with van der Waals surface area (Å²) in [5.74, 6) is 1.76. The van der Waals surface area contributed by atoms with Crippen molar-refractivity contribution in [2.45, 2.75) is 25.3 Å². The monoisotopic (exact) mass is 287 g/mol. The van der Waals surface area contributed by atoms with Crippen molar-refractivity contribution in [1.82, 2.24) is 5.32 Å². The fraction of sp³-hybridized carbons (Fsp3) is 0.571. The van der Waals surface area contributed by atoms with Gasteiger partial charge < -0.3 is 10.1 Å². The molecular weight excluding hydrogens is 266 g/mol. The molecule has 0 amide bonds. The van der Waals surface area contributed by atoms with Crippen LogP contribution in [-0.2, 0) is 11.3 Å². The van der Waals surface area contributed by atoms with E-state index in [4.69, 9.17) is 16.3 Å². The van der Waals surface area contributed by atoms with Crippen LogP contribution in [-0.4, -0.2) is 26.0 Å². The predicted octanol–water partition coefficient (Wildman–Crippen LogP) is 3.82. The highest BCUT2D eigenvalue weighted by molar-refractivity contribution is 7.99. The van der Waals surface area contributed by atoms with Gasteiger partial charge in [-0.2, -0.15) is 0 Å². The SMILES string of the molecule is COCCNCc1cccc(Cl)c1SCC(C)C. The quantitative estimate of drug-likeness (QED) is 0.580. The summed E-state index contributed by atoms with van der Waals surface area (Å²) < 4.78 is 5.02. The molecule has 0 bridgehead atoms. The Morgan fingerprint density at radius 1 is 1.39 bits per heavy atom. The van der Waals surface area contributed by atoms with Crippen molar-refractivity contribution < 1.29 is 4.74 Å². The number of halogens is 1. The van der Waals surface area contributed by atoms with Crippen LogP contribution in [0.3, 0.4) is 0 Å². The molecular formula is C14H22ClNOS. The number of thioether (sulfide) groups is 1. The van der Waals surface area contributed by atoms with E-state index in [0.29, 0.717) is 5.92 Å². The third-order valence-corrected chi connectivity index (χ3v) is 4.44. The number of benzene rings is 1. The van der Waals surface area contributed by atoms with Crippen LogP contribution in [0.2, 0.25) is 5.02 Å². The lowest BCUT2D eigenvalue weighted by molar-refractivity contribution is 0.199. The smallest absolute Gasteiger partial charge is 0.0587 e. The van der Waals surface area contributed by atoms with Crippen LogP contribution in [0.15, 0.2) is 23.1 Å². The molecule has 0 saturated carbocycles. The largest absolute Gasteiger partial charge is 0.383 e. The lowest BCUT2D eigenvalue weighted by Gasteiger charge is -2.13. The van der Waals surface area contributed by atoms with Crippen molar-refractivity contribution in [3.05, 3.63) is 28.8 Å². The zero-order valence-electron chi connectivity index (χ0n) is 11.3. The summed E-state index contributed by atoms with van der Waals surface area (Å²) in [5.41, 5.74) is 1.27. The summed E-state index contributed by atoms with van der Waals surface area (Å²) in [6.07, 6.45) is 0.